The van der Waals surface area contributed by atoms with E-state index in [0.717, 1.165) is 51.1 Å². The molecule has 2 fully saturated rings. The van der Waals surface area contributed by atoms with Crippen LogP contribution in [-0.4, -0.2) is 29.9 Å². The van der Waals surface area contributed by atoms with Gasteiger partial charge in [0.05, 0.1) is 0 Å². The fraction of sp³-hybridized carbons (Fsp3) is 0.941. The van der Waals surface area contributed by atoms with Gasteiger partial charge in [-0.2, -0.15) is 0 Å². The Kier molecular flexibility index (Phi) is 6.34. The van der Waals surface area contributed by atoms with E-state index in [2.05, 4.69) is 11.8 Å². The summed E-state index contributed by atoms with van der Waals surface area (Å²) >= 11 is 0. The van der Waals surface area contributed by atoms with Gasteiger partial charge >= 0.3 is 0 Å². The van der Waals surface area contributed by atoms with E-state index in [-0.39, 0.29) is 12.0 Å². The number of carbonyl (C=O) groups excluding carboxylic acids is 1. The van der Waals surface area contributed by atoms with E-state index in [1.807, 2.05) is 0 Å². The molecule has 0 aromatic heterocycles. The van der Waals surface area contributed by atoms with E-state index in [9.17, 15) is 4.79 Å². The van der Waals surface area contributed by atoms with Crippen LogP contribution in [0.1, 0.15) is 71.1 Å². The molecule has 1 amide bonds. The Morgan fingerprint density at radius 2 is 1.85 bits per heavy atom. The number of hydrogen-bond donors (Lipinski definition) is 1. The van der Waals surface area contributed by atoms with E-state index in [0.29, 0.717) is 5.91 Å². The van der Waals surface area contributed by atoms with Crippen LogP contribution in [-0.2, 0) is 4.79 Å². The molecule has 2 unspecified atom stereocenters. The van der Waals surface area contributed by atoms with Crippen molar-refractivity contribution in [3.8, 4) is 0 Å². The monoisotopic (exact) mass is 280 g/mol. The van der Waals surface area contributed by atoms with Crippen LogP contribution in [0.4, 0.5) is 0 Å². The summed E-state index contributed by atoms with van der Waals surface area (Å²) in [5.41, 5.74) is 6.05. The zero-order valence-corrected chi connectivity index (χ0v) is 13.2. The van der Waals surface area contributed by atoms with Crippen molar-refractivity contribution in [2.75, 3.05) is 13.1 Å². The van der Waals surface area contributed by atoms with Crippen LogP contribution in [0.3, 0.4) is 0 Å². The molecule has 0 aromatic rings. The first-order valence-electron chi connectivity index (χ1n) is 8.75. The average Bonchev–Trinajstić information content (AvgIpc) is 2.47. The average molecular weight is 280 g/mol. The summed E-state index contributed by atoms with van der Waals surface area (Å²) < 4.78 is 0. The minimum absolute atomic E-state index is 0.203. The van der Waals surface area contributed by atoms with E-state index < -0.39 is 0 Å². The Labute approximate surface area is 124 Å². The van der Waals surface area contributed by atoms with Gasteiger partial charge in [-0.15, -0.1) is 0 Å². The summed E-state index contributed by atoms with van der Waals surface area (Å²) in [7, 11) is 0. The van der Waals surface area contributed by atoms with Gasteiger partial charge in [0.2, 0.25) is 5.91 Å². The molecule has 2 aliphatic carbocycles. The maximum atomic E-state index is 12.8. The molecule has 0 radical (unpaired) electrons. The van der Waals surface area contributed by atoms with Crippen LogP contribution >= 0.6 is 0 Å². The standard InChI is InChI=1S/C17H32N2O/c1-2-11-19(13-14-7-4-3-5-8-14)17(20)15-9-6-10-16(18)12-15/h14-16H,2-13,18H2,1H3. The largest absolute Gasteiger partial charge is 0.342 e. The maximum absolute atomic E-state index is 12.8. The number of amides is 1. The van der Waals surface area contributed by atoms with E-state index in [1.165, 1.54) is 32.1 Å². The van der Waals surface area contributed by atoms with Gasteiger partial charge in [0.1, 0.15) is 0 Å². The molecule has 3 heteroatoms. The number of rotatable bonds is 5. The van der Waals surface area contributed by atoms with Gasteiger partial charge in [-0.05, 0) is 44.4 Å². The molecule has 116 valence electrons. The van der Waals surface area contributed by atoms with Crippen LogP contribution in [0.15, 0.2) is 0 Å². The van der Waals surface area contributed by atoms with Gasteiger partial charge in [0.15, 0.2) is 0 Å². The Balaban J connectivity index is 1.90. The first-order chi connectivity index (χ1) is 9.70. The van der Waals surface area contributed by atoms with Crippen LogP contribution in [0.5, 0.6) is 0 Å². The van der Waals surface area contributed by atoms with Crippen molar-refractivity contribution in [1.29, 1.82) is 0 Å². The molecular formula is C17H32N2O. The fourth-order valence-electron chi connectivity index (χ4n) is 3.95. The molecule has 2 N–H and O–H groups in total. The number of hydrogen-bond acceptors (Lipinski definition) is 2. The zero-order valence-electron chi connectivity index (χ0n) is 13.2. The van der Waals surface area contributed by atoms with Gasteiger partial charge in [-0.3, -0.25) is 4.79 Å². The molecule has 0 heterocycles. The topological polar surface area (TPSA) is 46.3 Å². The summed E-state index contributed by atoms with van der Waals surface area (Å²) in [6, 6.07) is 0.246. The third-order valence-electron chi connectivity index (χ3n) is 5.07. The molecule has 2 atom stereocenters. The normalized spacial score (nSPS) is 28.3. The van der Waals surface area contributed by atoms with Crippen LogP contribution in [0.2, 0.25) is 0 Å². The minimum atomic E-state index is 0.203. The molecule has 2 aliphatic rings. The maximum Gasteiger partial charge on any atom is 0.225 e. The van der Waals surface area contributed by atoms with Gasteiger partial charge in [0.25, 0.3) is 0 Å². The summed E-state index contributed by atoms with van der Waals surface area (Å²) in [5.74, 6) is 1.35. The Bertz CT molecular complexity index is 299. The molecule has 2 saturated carbocycles. The van der Waals surface area contributed by atoms with E-state index in [4.69, 9.17) is 5.73 Å². The number of nitrogens with zero attached hydrogens (tertiary/aromatic N) is 1. The van der Waals surface area contributed by atoms with E-state index >= 15 is 0 Å². The van der Waals surface area contributed by atoms with Crippen LogP contribution < -0.4 is 5.73 Å². The second-order valence-corrected chi connectivity index (χ2v) is 6.91. The highest BCUT2D eigenvalue weighted by molar-refractivity contribution is 5.79. The molecule has 0 aromatic carbocycles. The molecule has 2 rings (SSSR count). The van der Waals surface area contributed by atoms with Crippen molar-refractivity contribution in [2.45, 2.75) is 77.2 Å². The smallest absolute Gasteiger partial charge is 0.225 e. The van der Waals surface area contributed by atoms with Crippen molar-refractivity contribution in [1.82, 2.24) is 4.90 Å². The number of carbonyl (C=O) groups is 1. The first kappa shape index (κ1) is 15.8. The summed E-state index contributed by atoms with van der Waals surface area (Å²) in [4.78, 5) is 14.9. The number of nitrogens with two attached hydrogens (primary N) is 1. The van der Waals surface area contributed by atoms with Gasteiger partial charge < -0.3 is 10.6 Å². The van der Waals surface area contributed by atoms with Crippen LogP contribution in [0, 0.1) is 11.8 Å². The van der Waals surface area contributed by atoms with Crippen molar-refractivity contribution in [2.24, 2.45) is 17.6 Å². The minimum Gasteiger partial charge on any atom is -0.342 e. The summed E-state index contributed by atoms with van der Waals surface area (Å²) in [6.07, 6.45) is 12.0. The molecule has 20 heavy (non-hydrogen) atoms. The lowest BCUT2D eigenvalue weighted by molar-refractivity contribution is -0.137. The highest BCUT2D eigenvalue weighted by Crippen LogP contribution is 2.28. The molecule has 0 bridgehead atoms. The van der Waals surface area contributed by atoms with Gasteiger partial charge in [-0.25, -0.2) is 0 Å². The second-order valence-electron chi connectivity index (χ2n) is 6.91. The van der Waals surface area contributed by atoms with Gasteiger partial charge in [-0.1, -0.05) is 32.6 Å². The van der Waals surface area contributed by atoms with Crippen LogP contribution in [0.25, 0.3) is 0 Å². The quantitative estimate of drug-likeness (QED) is 0.839. The third kappa shape index (κ3) is 4.47. The summed E-state index contributed by atoms with van der Waals surface area (Å²) in [5, 5.41) is 0. The molecular weight excluding hydrogens is 248 g/mol. The Morgan fingerprint density at radius 3 is 2.50 bits per heavy atom. The lowest BCUT2D eigenvalue weighted by Gasteiger charge is -2.34. The SMILES string of the molecule is CCCN(CC1CCCCC1)C(=O)C1CCCC(N)C1. The van der Waals surface area contributed by atoms with Crippen molar-refractivity contribution < 1.29 is 4.79 Å². The molecule has 0 aliphatic heterocycles. The molecule has 0 spiro atoms. The predicted octanol–water partition coefficient (Wildman–Crippen LogP) is 3.32. The molecule has 0 saturated heterocycles. The van der Waals surface area contributed by atoms with E-state index in [1.54, 1.807) is 0 Å². The predicted molar refractivity (Wildman–Crippen MR) is 83.4 cm³/mol. The Hall–Kier alpha value is -0.570. The Morgan fingerprint density at radius 1 is 1.10 bits per heavy atom. The lowest BCUT2D eigenvalue weighted by atomic mass is 9.84. The summed E-state index contributed by atoms with van der Waals surface area (Å²) in [6.45, 7) is 4.10. The van der Waals surface area contributed by atoms with Crippen molar-refractivity contribution >= 4 is 5.91 Å². The lowest BCUT2D eigenvalue weighted by Crippen LogP contribution is -2.43. The van der Waals surface area contributed by atoms with Crippen molar-refractivity contribution in [3.05, 3.63) is 0 Å². The third-order valence-corrected chi connectivity index (χ3v) is 5.07. The fourth-order valence-corrected chi connectivity index (χ4v) is 3.95. The van der Waals surface area contributed by atoms with Crippen molar-refractivity contribution in [3.63, 3.8) is 0 Å². The highest BCUT2D eigenvalue weighted by Gasteiger charge is 2.30. The highest BCUT2D eigenvalue weighted by atomic mass is 16.2. The molecule has 3 nitrogen and oxygen atoms in total. The second kappa shape index (κ2) is 8.02. The first-order valence-corrected chi connectivity index (χ1v) is 8.75. The van der Waals surface area contributed by atoms with Gasteiger partial charge in [0, 0.05) is 25.0 Å². The zero-order chi connectivity index (χ0) is 14.4.